The summed E-state index contributed by atoms with van der Waals surface area (Å²) in [5, 5.41) is 0. The molecule has 0 saturated carbocycles. The van der Waals surface area contributed by atoms with Crippen molar-refractivity contribution in [2.75, 3.05) is 6.54 Å². The van der Waals surface area contributed by atoms with E-state index < -0.39 is 0 Å². The fourth-order valence-corrected chi connectivity index (χ4v) is 2.53. The van der Waals surface area contributed by atoms with Gasteiger partial charge < -0.3 is 4.90 Å². The second-order valence-electron chi connectivity index (χ2n) is 4.87. The van der Waals surface area contributed by atoms with Crippen LogP contribution < -0.4 is 0 Å². The van der Waals surface area contributed by atoms with Gasteiger partial charge in [0.15, 0.2) is 0 Å². The van der Waals surface area contributed by atoms with Crippen molar-refractivity contribution in [3.05, 3.63) is 83.9 Å². The van der Waals surface area contributed by atoms with Gasteiger partial charge in [-0.05, 0) is 23.8 Å². The van der Waals surface area contributed by atoms with Crippen LogP contribution in [0.3, 0.4) is 0 Å². The second kappa shape index (κ2) is 5.68. The fraction of sp³-hybridized carbons (Fsp3) is 0.105. The van der Waals surface area contributed by atoms with E-state index in [1.165, 1.54) is 0 Å². The van der Waals surface area contributed by atoms with Crippen molar-refractivity contribution in [1.29, 1.82) is 0 Å². The van der Waals surface area contributed by atoms with E-state index in [0.29, 0.717) is 6.54 Å². The summed E-state index contributed by atoms with van der Waals surface area (Å²) in [5.74, 6) is 6.41. The van der Waals surface area contributed by atoms with Gasteiger partial charge in [0.1, 0.15) is 6.04 Å². The zero-order valence-electron chi connectivity index (χ0n) is 11.6. The molecule has 2 nitrogen and oxygen atoms in total. The summed E-state index contributed by atoms with van der Waals surface area (Å²) >= 11 is 0. The van der Waals surface area contributed by atoms with Gasteiger partial charge >= 0.3 is 0 Å². The number of rotatable bonds is 2. The van der Waals surface area contributed by atoms with E-state index in [4.69, 9.17) is 0 Å². The minimum absolute atomic E-state index is 0.0258. The van der Waals surface area contributed by atoms with Crippen molar-refractivity contribution in [2.45, 2.75) is 6.04 Å². The van der Waals surface area contributed by atoms with E-state index in [2.05, 4.69) is 18.4 Å². The van der Waals surface area contributed by atoms with Gasteiger partial charge in [0.05, 0.1) is 0 Å². The number of benzene rings is 2. The molecular formula is C19H15NO. The van der Waals surface area contributed by atoms with Gasteiger partial charge in [-0.3, -0.25) is 4.79 Å². The SMILES string of the molecule is C=CCN1C(=O)c2ccccc2C1C#Cc1ccccc1. The highest BCUT2D eigenvalue weighted by Gasteiger charge is 2.34. The zero-order valence-corrected chi connectivity index (χ0v) is 11.6. The Hall–Kier alpha value is -2.79. The Bertz CT molecular complexity index is 737. The molecule has 2 aromatic rings. The Morgan fingerprint density at radius 2 is 1.81 bits per heavy atom. The summed E-state index contributed by atoms with van der Waals surface area (Å²) in [6.07, 6.45) is 1.74. The fourth-order valence-electron chi connectivity index (χ4n) is 2.53. The summed E-state index contributed by atoms with van der Waals surface area (Å²) in [6, 6.07) is 17.3. The smallest absolute Gasteiger partial charge is 0.255 e. The predicted octanol–water partition coefficient (Wildman–Crippen LogP) is 3.42. The van der Waals surface area contributed by atoms with Crippen molar-refractivity contribution in [3.63, 3.8) is 0 Å². The third-order valence-corrected chi connectivity index (χ3v) is 3.51. The van der Waals surface area contributed by atoms with Crippen molar-refractivity contribution in [1.82, 2.24) is 4.90 Å². The largest absolute Gasteiger partial charge is 0.317 e. The van der Waals surface area contributed by atoms with Crippen molar-refractivity contribution >= 4 is 5.91 Å². The first-order chi connectivity index (χ1) is 10.3. The molecule has 102 valence electrons. The number of fused-ring (bicyclic) bond motifs is 1. The van der Waals surface area contributed by atoms with Gasteiger partial charge in [0.2, 0.25) is 0 Å². The maximum Gasteiger partial charge on any atom is 0.255 e. The maximum absolute atomic E-state index is 12.4. The third-order valence-electron chi connectivity index (χ3n) is 3.51. The maximum atomic E-state index is 12.4. The Kier molecular flexibility index (Phi) is 3.57. The summed E-state index contributed by atoms with van der Waals surface area (Å²) in [6.45, 7) is 4.23. The van der Waals surface area contributed by atoms with Crippen molar-refractivity contribution < 1.29 is 4.79 Å². The molecule has 0 spiro atoms. The highest BCUT2D eigenvalue weighted by atomic mass is 16.2. The van der Waals surface area contributed by atoms with Gasteiger partial charge in [-0.15, -0.1) is 6.58 Å². The van der Waals surface area contributed by atoms with Gasteiger partial charge in [0, 0.05) is 17.7 Å². The van der Waals surface area contributed by atoms with Crippen LogP contribution in [0, 0.1) is 11.8 Å². The van der Waals surface area contributed by atoms with E-state index in [-0.39, 0.29) is 11.9 Å². The molecule has 0 N–H and O–H groups in total. The first kappa shape index (κ1) is 13.2. The normalized spacial score (nSPS) is 16.1. The highest BCUT2D eigenvalue weighted by molar-refractivity contribution is 5.99. The molecule has 2 aromatic carbocycles. The molecule has 3 rings (SSSR count). The van der Waals surface area contributed by atoms with Crippen molar-refractivity contribution in [3.8, 4) is 11.8 Å². The quantitative estimate of drug-likeness (QED) is 0.606. The molecule has 1 atom stereocenters. The first-order valence-electron chi connectivity index (χ1n) is 6.88. The van der Waals surface area contributed by atoms with Gasteiger partial charge in [-0.25, -0.2) is 0 Å². The van der Waals surface area contributed by atoms with E-state index in [9.17, 15) is 4.79 Å². The number of nitrogens with zero attached hydrogens (tertiary/aromatic N) is 1. The number of amides is 1. The van der Waals surface area contributed by atoms with E-state index in [1.807, 2.05) is 54.6 Å². The van der Waals surface area contributed by atoms with Crippen LogP contribution in [0.25, 0.3) is 0 Å². The van der Waals surface area contributed by atoms with Gasteiger partial charge in [-0.2, -0.15) is 0 Å². The van der Waals surface area contributed by atoms with E-state index >= 15 is 0 Å². The van der Waals surface area contributed by atoms with Crippen LogP contribution >= 0.6 is 0 Å². The summed E-state index contributed by atoms with van der Waals surface area (Å²) in [5.41, 5.74) is 2.67. The minimum atomic E-state index is -0.202. The number of carbonyl (C=O) groups is 1. The molecule has 0 radical (unpaired) electrons. The highest BCUT2D eigenvalue weighted by Crippen LogP contribution is 2.32. The molecule has 0 saturated heterocycles. The summed E-state index contributed by atoms with van der Waals surface area (Å²) in [7, 11) is 0. The molecular weight excluding hydrogens is 258 g/mol. The number of hydrogen-bond donors (Lipinski definition) is 0. The predicted molar refractivity (Wildman–Crippen MR) is 83.7 cm³/mol. The van der Waals surface area contributed by atoms with E-state index in [0.717, 1.165) is 16.7 Å². The van der Waals surface area contributed by atoms with E-state index in [1.54, 1.807) is 11.0 Å². The lowest BCUT2D eigenvalue weighted by molar-refractivity contribution is 0.0778. The van der Waals surface area contributed by atoms with Crippen molar-refractivity contribution in [2.24, 2.45) is 0 Å². The monoisotopic (exact) mass is 273 g/mol. The van der Waals surface area contributed by atoms with Crippen LogP contribution in [0.1, 0.15) is 27.5 Å². The van der Waals surface area contributed by atoms with Gasteiger partial charge in [-0.1, -0.05) is 54.3 Å². The molecule has 1 unspecified atom stereocenters. The van der Waals surface area contributed by atoms with Crippen LogP contribution in [0.4, 0.5) is 0 Å². The number of hydrogen-bond acceptors (Lipinski definition) is 1. The summed E-state index contributed by atoms with van der Waals surface area (Å²) in [4.78, 5) is 14.2. The molecule has 0 fully saturated rings. The Morgan fingerprint density at radius 1 is 1.10 bits per heavy atom. The minimum Gasteiger partial charge on any atom is -0.317 e. The third kappa shape index (κ3) is 2.46. The molecule has 0 aliphatic carbocycles. The molecule has 2 heteroatoms. The van der Waals surface area contributed by atoms with Crippen LogP contribution in [0.5, 0.6) is 0 Å². The average molecular weight is 273 g/mol. The lowest BCUT2D eigenvalue weighted by Crippen LogP contribution is -2.27. The molecule has 0 aromatic heterocycles. The van der Waals surface area contributed by atoms with Crippen LogP contribution in [0.2, 0.25) is 0 Å². The molecule has 21 heavy (non-hydrogen) atoms. The Morgan fingerprint density at radius 3 is 2.57 bits per heavy atom. The molecule has 1 aliphatic rings. The molecule has 1 heterocycles. The Labute approximate surface area is 124 Å². The zero-order chi connectivity index (χ0) is 14.7. The Balaban J connectivity index is 2.01. The molecule has 0 bridgehead atoms. The molecule has 1 amide bonds. The lowest BCUT2D eigenvalue weighted by atomic mass is 10.0. The summed E-state index contributed by atoms with van der Waals surface area (Å²) < 4.78 is 0. The van der Waals surface area contributed by atoms with Crippen LogP contribution in [-0.2, 0) is 0 Å². The topological polar surface area (TPSA) is 20.3 Å². The van der Waals surface area contributed by atoms with Crippen LogP contribution in [0.15, 0.2) is 67.3 Å². The molecule has 1 aliphatic heterocycles. The second-order valence-corrected chi connectivity index (χ2v) is 4.87. The lowest BCUT2D eigenvalue weighted by Gasteiger charge is -2.19. The first-order valence-corrected chi connectivity index (χ1v) is 6.88. The van der Waals surface area contributed by atoms with Gasteiger partial charge in [0.25, 0.3) is 5.91 Å². The standard InChI is InChI=1S/C19H15NO/c1-2-14-20-18(13-12-15-8-4-3-5-9-15)16-10-6-7-11-17(16)19(20)21/h2-11,18H,1,14H2. The van der Waals surface area contributed by atoms with Crippen LogP contribution in [-0.4, -0.2) is 17.4 Å². The average Bonchev–Trinajstić information content (AvgIpc) is 2.80. The number of carbonyl (C=O) groups excluding carboxylic acids is 1.